The van der Waals surface area contributed by atoms with E-state index in [1.54, 1.807) is 6.20 Å². The summed E-state index contributed by atoms with van der Waals surface area (Å²) in [5, 5.41) is 3.77. The van der Waals surface area contributed by atoms with Crippen molar-refractivity contribution in [3.63, 3.8) is 0 Å². The fourth-order valence-corrected chi connectivity index (χ4v) is 3.92. The van der Waals surface area contributed by atoms with Gasteiger partial charge in [-0.15, -0.1) is 0 Å². The quantitative estimate of drug-likeness (QED) is 0.861. The monoisotopic (exact) mass is 338 g/mol. The van der Waals surface area contributed by atoms with Gasteiger partial charge in [0.15, 0.2) is 0 Å². The van der Waals surface area contributed by atoms with E-state index >= 15 is 0 Å². The first-order valence-corrected chi connectivity index (χ1v) is 9.65. The number of carbonyl (C=O) groups excluding carboxylic acids is 1. The number of fused-ring (bicyclic) bond motifs is 1. The molecule has 0 atom stereocenters. The predicted octanol–water partition coefficient (Wildman–Crippen LogP) is 3.86. The average Bonchev–Trinajstić information content (AvgIpc) is 3.45. The summed E-state index contributed by atoms with van der Waals surface area (Å²) in [7, 11) is 0. The van der Waals surface area contributed by atoms with Gasteiger partial charge < -0.3 is 9.88 Å². The van der Waals surface area contributed by atoms with Gasteiger partial charge in [-0.2, -0.15) is 0 Å². The van der Waals surface area contributed by atoms with E-state index in [-0.39, 0.29) is 17.4 Å². The molecule has 132 valence electrons. The first-order chi connectivity index (χ1) is 12.2. The van der Waals surface area contributed by atoms with Crippen molar-refractivity contribution in [2.24, 2.45) is 5.92 Å². The second-order valence-corrected chi connectivity index (χ2v) is 7.65. The minimum Gasteiger partial charge on any atom is -0.349 e. The summed E-state index contributed by atoms with van der Waals surface area (Å²) in [5.41, 5.74) is 1.09. The summed E-state index contributed by atoms with van der Waals surface area (Å²) < 4.78 is 2.11. The highest BCUT2D eigenvalue weighted by Crippen LogP contribution is 2.31. The van der Waals surface area contributed by atoms with Crippen LogP contribution in [0.4, 0.5) is 0 Å². The van der Waals surface area contributed by atoms with Crippen molar-refractivity contribution in [1.29, 1.82) is 0 Å². The number of para-hydroxylation sites is 1. The second-order valence-electron chi connectivity index (χ2n) is 7.65. The fraction of sp³-hybridized carbons (Fsp3) is 0.524. The number of nitrogens with zero attached hydrogens (tertiary/aromatic N) is 1. The van der Waals surface area contributed by atoms with Gasteiger partial charge >= 0.3 is 0 Å². The number of hydrogen-bond donors (Lipinski definition) is 1. The van der Waals surface area contributed by atoms with Crippen LogP contribution in [0.2, 0.25) is 0 Å². The molecular formula is C21H26N2O2. The summed E-state index contributed by atoms with van der Waals surface area (Å²) in [6, 6.07) is 7.85. The van der Waals surface area contributed by atoms with Crippen molar-refractivity contribution in [3.05, 3.63) is 46.2 Å². The van der Waals surface area contributed by atoms with Crippen LogP contribution in [0, 0.1) is 5.92 Å². The van der Waals surface area contributed by atoms with Crippen LogP contribution in [-0.4, -0.2) is 16.5 Å². The fourth-order valence-electron chi connectivity index (χ4n) is 3.92. The Bertz CT molecular complexity index is 827. The first-order valence-electron chi connectivity index (χ1n) is 9.65. The summed E-state index contributed by atoms with van der Waals surface area (Å²) in [4.78, 5) is 25.7. The standard InChI is InChI=1S/C21H26N2O2/c24-20-17-9-5-6-10-19(17)23(13-15-11-12-15)14-18(20)21(25)22-16-7-3-1-2-4-8-16/h5-6,9-10,14-16H,1-4,7-8,11-13H2,(H,22,25). The molecule has 25 heavy (non-hydrogen) atoms. The van der Waals surface area contributed by atoms with Gasteiger partial charge in [0, 0.05) is 24.2 Å². The predicted molar refractivity (Wildman–Crippen MR) is 99.9 cm³/mol. The van der Waals surface area contributed by atoms with Crippen LogP contribution in [0.3, 0.4) is 0 Å². The third kappa shape index (κ3) is 3.63. The Morgan fingerprint density at radius 2 is 1.76 bits per heavy atom. The highest BCUT2D eigenvalue weighted by atomic mass is 16.2. The lowest BCUT2D eigenvalue weighted by molar-refractivity contribution is 0.0931. The molecule has 1 N–H and O–H groups in total. The zero-order chi connectivity index (χ0) is 17.2. The molecule has 0 saturated heterocycles. The number of benzene rings is 1. The molecule has 1 aromatic carbocycles. The number of hydrogen-bond acceptors (Lipinski definition) is 2. The lowest BCUT2D eigenvalue weighted by atomic mass is 10.1. The summed E-state index contributed by atoms with van der Waals surface area (Å²) >= 11 is 0. The number of aromatic nitrogens is 1. The number of nitrogens with one attached hydrogen (secondary N) is 1. The molecule has 0 unspecified atom stereocenters. The van der Waals surface area contributed by atoms with Gasteiger partial charge in [0.1, 0.15) is 5.56 Å². The van der Waals surface area contributed by atoms with E-state index in [0.717, 1.165) is 37.7 Å². The Morgan fingerprint density at radius 3 is 2.48 bits per heavy atom. The number of carbonyl (C=O) groups is 1. The zero-order valence-electron chi connectivity index (χ0n) is 14.7. The van der Waals surface area contributed by atoms with Crippen LogP contribution >= 0.6 is 0 Å². The van der Waals surface area contributed by atoms with Crippen LogP contribution in [0.25, 0.3) is 10.9 Å². The zero-order valence-corrected chi connectivity index (χ0v) is 14.7. The average molecular weight is 338 g/mol. The van der Waals surface area contributed by atoms with Crippen molar-refractivity contribution in [3.8, 4) is 0 Å². The van der Waals surface area contributed by atoms with Crippen molar-refractivity contribution < 1.29 is 4.79 Å². The van der Waals surface area contributed by atoms with E-state index in [0.29, 0.717) is 16.9 Å². The van der Waals surface area contributed by atoms with Gasteiger partial charge in [0.05, 0.1) is 5.52 Å². The molecule has 4 nitrogen and oxygen atoms in total. The molecule has 1 aromatic heterocycles. The number of rotatable bonds is 4. The Morgan fingerprint density at radius 1 is 1.04 bits per heavy atom. The Balaban J connectivity index is 1.66. The topological polar surface area (TPSA) is 51.1 Å². The van der Waals surface area contributed by atoms with E-state index in [1.807, 2.05) is 24.3 Å². The summed E-state index contributed by atoms with van der Waals surface area (Å²) in [6.07, 6.45) is 11.1. The molecule has 0 radical (unpaired) electrons. The molecule has 0 bridgehead atoms. The largest absolute Gasteiger partial charge is 0.349 e. The van der Waals surface area contributed by atoms with E-state index in [9.17, 15) is 9.59 Å². The van der Waals surface area contributed by atoms with Crippen LogP contribution in [-0.2, 0) is 6.54 Å². The first kappa shape index (κ1) is 16.4. The number of pyridine rings is 1. The van der Waals surface area contributed by atoms with E-state index in [2.05, 4.69) is 9.88 Å². The van der Waals surface area contributed by atoms with Gasteiger partial charge in [-0.25, -0.2) is 0 Å². The molecule has 2 aliphatic rings. The van der Waals surface area contributed by atoms with Crippen LogP contribution < -0.4 is 10.7 Å². The molecule has 2 aliphatic carbocycles. The maximum atomic E-state index is 12.9. The van der Waals surface area contributed by atoms with Gasteiger partial charge in [0.25, 0.3) is 5.91 Å². The minimum atomic E-state index is -0.202. The van der Waals surface area contributed by atoms with Gasteiger partial charge in [-0.3, -0.25) is 9.59 Å². The van der Waals surface area contributed by atoms with Crippen molar-refractivity contribution in [2.45, 2.75) is 64.0 Å². The Kier molecular flexibility index (Phi) is 4.60. The molecule has 2 aromatic rings. The summed E-state index contributed by atoms with van der Waals surface area (Å²) in [5.74, 6) is 0.482. The highest BCUT2D eigenvalue weighted by Gasteiger charge is 2.24. The van der Waals surface area contributed by atoms with E-state index in [1.165, 1.54) is 25.7 Å². The van der Waals surface area contributed by atoms with Crippen molar-refractivity contribution >= 4 is 16.8 Å². The second kappa shape index (κ2) is 7.03. The minimum absolute atomic E-state index is 0.145. The molecule has 2 fully saturated rings. The highest BCUT2D eigenvalue weighted by molar-refractivity contribution is 5.97. The van der Waals surface area contributed by atoms with E-state index < -0.39 is 0 Å². The van der Waals surface area contributed by atoms with Crippen LogP contribution in [0.15, 0.2) is 35.3 Å². The molecule has 0 spiro atoms. The van der Waals surface area contributed by atoms with E-state index in [4.69, 9.17) is 0 Å². The lowest BCUT2D eigenvalue weighted by Gasteiger charge is -2.17. The molecule has 1 heterocycles. The molecule has 4 rings (SSSR count). The third-order valence-corrected chi connectivity index (χ3v) is 5.57. The van der Waals surface area contributed by atoms with Gasteiger partial charge in [-0.1, -0.05) is 37.8 Å². The SMILES string of the molecule is O=C(NC1CCCCCC1)c1cn(CC2CC2)c2ccccc2c1=O. The smallest absolute Gasteiger partial charge is 0.256 e. The van der Waals surface area contributed by atoms with Gasteiger partial charge in [0.2, 0.25) is 5.43 Å². The Labute approximate surface area is 148 Å². The van der Waals surface area contributed by atoms with Crippen LogP contribution in [0.1, 0.15) is 61.7 Å². The van der Waals surface area contributed by atoms with Crippen molar-refractivity contribution in [1.82, 2.24) is 9.88 Å². The molecule has 2 saturated carbocycles. The normalized spacial score (nSPS) is 18.9. The number of amides is 1. The van der Waals surface area contributed by atoms with Gasteiger partial charge in [-0.05, 0) is 43.7 Å². The summed E-state index contributed by atoms with van der Waals surface area (Å²) in [6.45, 7) is 0.893. The maximum Gasteiger partial charge on any atom is 0.256 e. The molecule has 1 amide bonds. The third-order valence-electron chi connectivity index (χ3n) is 5.57. The maximum absolute atomic E-state index is 12.9. The lowest BCUT2D eigenvalue weighted by Crippen LogP contribution is -2.37. The Hall–Kier alpha value is -2.10. The molecular weight excluding hydrogens is 312 g/mol. The van der Waals surface area contributed by atoms with Crippen molar-refractivity contribution in [2.75, 3.05) is 0 Å². The molecule has 4 heteroatoms. The van der Waals surface area contributed by atoms with Crippen LogP contribution in [0.5, 0.6) is 0 Å². The molecule has 0 aliphatic heterocycles.